The molecule has 2 amide bonds. The van der Waals surface area contributed by atoms with Crippen LogP contribution in [0.3, 0.4) is 0 Å². The Morgan fingerprint density at radius 2 is 1.84 bits per heavy atom. The standard InChI is InChI=1S/C25H46N4O3/c1-18(2)15-21-23(30)29(13-10-26-21)22(16-19(3)4)24(31)28-11-8-25(9-12-28)17-20(27(5)6)7-14-32-25/h18-22,26H,7-17H2,1-6H3/t20?,21-,22?/m0/s1. The van der Waals surface area contributed by atoms with E-state index in [4.69, 9.17) is 4.74 Å². The van der Waals surface area contributed by atoms with Crippen molar-refractivity contribution >= 4 is 11.8 Å². The van der Waals surface area contributed by atoms with Crippen molar-refractivity contribution < 1.29 is 14.3 Å². The molecule has 7 nitrogen and oxygen atoms in total. The summed E-state index contributed by atoms with van der Waals surface area (Å²) in [6, 6.07) is 0.0283. The molecule has 0 aromatic rings. The largest absolute Gasteiger partial charge is 0.375 e. The molecule has 1 N–H and O–H groups in total. The third kappa shape index (κ3) is 6.03. The monoisotopic (exact) mass is 450 g/mol. The molecule has 3 aliphatic heterocycles. The number of carbonyl (C=O) groups excluding carboxylic acids is 2. The zero-order chi connectivity index (χ0) is 23.5. The van der Waals surface area contributed by atoms with E-state index >= 15 is 0 Å². The molecule has 3 heterocycles. The second-order valence-corrected chi connectivity index (χ2v) is 11.3. The molecule has 0 aliphatic carbocycles. The molecule has 3 saturated heterocycles. The molecule has 2 unspecified atom stereocenters. The van der Waals surface area contributed by atoms with Gasteiger partial charge in [0.05, 0.1) is 11.6 Å². The number of ether oxygens (including phenoxy) is 1. The van der Waals surface area contributed by atoms with Crippen molar-refractivity contribution in [1.29, 1.82) is 0 Å². The maximum atomic E-state index is 13.7. The summed E-state index contributed by atoms with van der Waals surface area (Å²) in [4.78, 5) is 33.2. The minimum absolute atomic E-state index is 0.0925. The predicted octanol–water partition coefficient (Wildman–Crippen LogP) is 2.35. The molecule has 32 heavy (non-hydrogen) atoms. The van der Waals surface area contributed by atoms with Crippen LogP contribution >= 0.6 is 0 Å². The molecular formula is C25H46N4O3. The topological polar surface area (TPSA) is 65.1 Å². The van der Waals surface area contributed by atoms with Crippen molar-refractivity contribution in [3.8, 4) is 0 Å². The molecule has 0 radical (unpaired) electrons. The van der Waals surface area contributed by atoms with Crippen molar-refractivity contribution in [3.05, 3.63) is 0 Å². The molecule has 0 aromatic carbocycles. The van der Waals surface area contributed by atoms with Gasteiger partial charge in [0.1, 0.15) is 6.04 Å². The minimum atomic E-state index is -0.352. The lowest BCUT2D eigenvalue weighted by molar-refractivity contribution is -0.157. The summed E-state index contributed by atoms with van der Waals surface area (Å²) in [5.41, 5.74) is -0.0925. The highest BCUT2D eigenvalue weighted by molar-refractivity contribution is 5.90. The molecule has 1 spiro atoms. The van der Waals surface area contributed by atoms with Crippen LogP contribution < -0.4 is 5.32 Å². The van der Waals surface area contributed by atoms with E-state index in [1.165, 1.54) is 0 Å². The van der Waals surface area contributed by atoms with E-state index in [0.717, 1.165) is 64.8 Å². The lowest BCUT2D eigenvalue weighted by Gasteiger charge is -2.48. The van der Waals surface area contributed by atoms with E-state index in [-0.39, 0.29) is 29.5 Å². The van der Waals surface area contributed by atoms with Crippen LogP contribution in [0.25, 0.3) is 0 Å². The molecule has 0 aromatic heterocycles. The minimum Gasteiger partial charge on any atom is -0.375 e. The Hall–Kier alpha value is -1.18. The highest BCUT2D eigenvalue weighted by Crippen LogP contribution is 2.36. The SMILES string of the molecule is CC(C)CC(C(=O)N1CCC2(CC1)CC(N(C)C)CCO2)N1CCN[C@@H](CC(C)C)C1=O. The number of likely N-dealkylation sites (tertiary alicyclic amines) is 1. The Morgan fingerprint density at radius 3 is 2.44 bits per heavy atom. The van der Waals surface area contributed by atoms with E-state index in [1.54, 1.807) is 0 Å². The summed E-state index contributed by atoms with van der Waals surface area (Å²) in [6.07, 6.45) is 5.45. The number of nitrogens with one attached hydrogen (secondary N) is 1. The maximum absolute atomic E-state index is 13.7. The van der Waals surface area contributed by atoms with E-state index in [1.807, 2.05) is 9.80 Å². The number of nitrogens with zero attached hydrogens (tertiary/aromatic N) is 3. The normalized spacial score (nSPS) is 27.6. The summed E-state index contributed by atoms with van der Waals surface area (Å²) in [7, 11) is 4.30. The van der Waals surface area contributed by atoms with Gasteiger partial charge in [0.25, 0.3) is 0 Å². The first-order chi connectivity index (χ1) is 15.1. The van der Waals surface area contributed by atoms with Gasteiger partial charge in [0.2, 0.25) is 11.8 Å². The Labute approximate surface area is 195 Å². The van der Waals surface area contributed by atoms with Gasteiger partial charge in [-0.2, -0.15) is 0 Å². The Kier molecular flexibility index (Phi) is 8.61. The molecule has 0 saturated carbocycles. The summed E-state index contributed by atoms with van der Waals surface area (Å²) in [6.45, 7) is 12.2. The van der Waals surface area contributed by atoms with Crippen LogP contribution in [-0.4, -0.2) is 97.1 Å². The van der Waals surface area contributed by atoms with Gasteiger partial charge in [-0.05, 0) is 64.5 Å². The van der Waals surface area contributed by atoms with Crippen molar-refractivity contribution in [3.63, 3.8) is 0 Å². The van der Waals surface area contributed by atoms with Gasteiger partial charge in [0.15, 0.2) is 0 Å². The van der Waals surface area contributed by atoms with Crippen LogP contribution in [0.1, 0.15) is 66.2 Å². The second kappa shape index (κ2) is 10.8. The first-order valence-corrected chi connectivity index (χ1v) is 12.7. The van der Waals surface area contributed by atoms with Gasteiger partial charge in [-0.15, -0.1) is 0 Å². The van der Waals surface area contributed by atoms with Crippen LogP contribution in [0, 0.1) is 11.8 Å². The highest BCUT2D eigenvalue weighted by atomic mass is 16.5. The molecule has 7 heteroatoms. The Morgan fingerprint density at radius 1 is 1.16 bits per heavy atom. The smallest absolute Gasteiger partial charge is 0.245 e. The van der Waals surface area contributed by atoms with Crippen molar-refractivity contribution in [2.45, 2.75) is 89.9 Å². The molecule has 3 aliphatic rings. The number of piperidine rings is 1. The van der Waals surface area contributed by atoms with E-state index < -0.39 is 0 Å². The van der Waals surface area contributed by atoms with Crippen molar-refractivity contribution in [2.75, 3.05) is 46.9 Å². The van der Waals surface area contributed by atoms with E-state index in [0.29, 0.717) is 24.4 Å². The van der Waals surface area contributed by atoms with Gasteiger partial charge >= 0.3 is 0 Å². The number of amides is 2. The number of rotatable bonds is 7. The number of piperazine rings is 1. The first-order valence-electron chi connectivity index (χ1n) is 12.7. The van der Waals surface area contributed by atoms with Gasteiger partial charge < -0.3 is 24.8 Å². The van der Waals surface area contributed by atoms with Gasteiger partial charge in [0, 0.05) is 38.8 Å². The Balaban J connectivity index is 1.67. The van der Waals surface area contributed by atoms with Gasteiger partial charge in [-0.25, -0.2) is 0 Å². The van der Waals surface area contributed by atoms with Crippen LogP contribution in [0.15, 0.2) is 0 Å². The average molecular weight is 451 g/mol. The molecule has 184 valence electrons. The fourth-order valence-corrected chi connectivity index (χ4v) is 5.67. The quantitative estimate of drug-likeness (QED) is 0.645. The van der Waals surface area contributed by atoms with E-state index in [9.17, 15) is 9.59 Å². The first kappa shape index (κ1) is 25.4. The molecular weight excluding hydrogens is 404 g/mol. The molecule has 3 rings (SSSR count). The fraction of sp³-hybridized carbons (Fsp3) is 0.920. The number of hydrogen-bond donors (Lipinski definition) is 1. The highest BCUT2D eigenvalue weighted by Gasteiger charge is 2.44. The lowest BCUT2D eigenvalue weighted by Crippen LogP contribution is -2.63. The van der Waals surface area contributed by atoms with Crippen molar-refractivity contribution in [2.24, 2.45) is 11.8 Å². The second-order valence-electron chi connectivity index (χ2n) is 11.3. The summed E-state index contributed by atoms with van der Waals surface area (Å²) in [5, 5.41) is 3.37. The average Bonchev–Trinajstić information content (AvgIpc) is 2.73. The predicted molar refractivity (Wildman–Crippen MR) is 127 cm³/mol. The zero-order valence-electron chi connectivity index (χ0n) is 21.2. The fourth-order valence-electron chi connectivity index (χ4n) is 5.67. The summed E-state index contributed by atoms with van der Waals surface area (Å²) >= 11 is 0. The van der Waals surface area contributed by atoms with Crippen molar-refractivity contribution in [1.82, 2.24) is 20.0 Å². The van der Waals surface area contributed by atoms with Crippen LogP contribution in [0.2, 0.25) is 0 Å². The van der Waals surface area contributed by atoms with Crippen LogP contribution in [-0.2, 0) is 14.3 Å². The third-order valence-corrected chi connectivity index (χ3v) is 7.57. The van der Waals surface area contributed by atoms with E-state index in [2.05, 4.69) is 52.0 Å². The molecule has 0 bridgehead atoms. The zero-order valence-corrected chi connectivity index (χ0v) is 21.2. The Bertz CT molecular complexity index is 643. The number of hydrogen-bond acceptors (Lipinski definition) is 5. The molecule has 3 atom stereocenters. The third-order valence-electron chi connectivity index (χ3n) is 7.57. The van der Waals surface area contributed by atoms with Gasteiger partial charge in [-0.3, -0.25) is 9.59 Å². The summed E-state index contributed by atoms with van der Waals surface area (Å²) in [5.74, 6) is 1.03. The molecule has 3 fully saturated rings. The summed E-state index contributed by atoms with van der Waals surface area (Å²) < 4.78 is 6.29. The lowest BCUT2D eigenvalue weighted by atomic mass is 9.81. The maximum Gasteiger partial charge on any atom is 0.245 e. The number of carbonyl (C=O) groups is 2. The van der Waals surface area contributed by atoms with Gasteiger partial charge in [-0.1, -0.05) is 27.7 Å². The van der Waals surface area contributed by atoms with Crippen LogP contribution in [0.5, 0.6) is 0 Å². The van der Waals surface area contributed by atoms with Crippen LogP contribution in [0.4, 0.5) is 0 Å².